The summed E-state index contributed by atoms with van der Waals surface area (Å²) < 4.78 is 37.5. The number of rotatable bonds is 4. The van der Waals surface area contributed by atoms with Crippen LogP contribution in [0.4, 0.5) is 13.2 Å². The molecule has 3 nitrogen and oxygen atoms in total. The standard InChI is InChI=1S/C16H12Cl2F3NO2/c17-12-6-3-10(7-13(12)18)15(24)22-8-14(23)9-1-4-11(5-2-9)16(19,20)21/h1-7,14,23H,8H2,(H,22,24)/t14-/m1/s1. The minimum absolute atomic E-state index is 0.162. The van der Waals surface area contributed by atoms with Gasteiger partial charge >= 0.3 is 6.18 Å². The second kappa shape index (κ2) is 7.42. The Kier molecular flexibility index (Phi) is 5.74. The number of aliphatic hydroxyl groups is 1. The average Bonchev–Trinajstić information content (AvgIpc) is 2.54. The number of carbonyl (C=O) groups excluding carboxylic acids is 1. The predicted molar refractivity (Wildman–Crippen MR) is 85.2 cm³/mol. The Bertz CT molecular complexity index is 733. The van der Waals surface area contributed by atoms with Crippen LogP contribution in [0.3, 0.4) is 0 Å². The van der Waals surface area contributed by atoms with Crippen LogP contribution in [0.1, 0.15) is 27.6 Å². The first-order valence-corrected chi connectivity index (χ1v) is 7.52. The minimum atomic E-state index is -4.44. The third kappa shape index (κ3) is 4.63. The van der Waals surface area contributed by atoms with E-state index in [0.717, 1.165) is 12.1 Å². The molecule has 0 bridgehead atoms. The highest BCUT2D eigenvalue weighted by atomic mass is 35.5. The van der Waals surface area contributed by atoms with Gasteiger partial charge in [0.05, 0.1) is 21.7 Å². The third-order valence-corrected chi connectivity index (χ3v) is 4.00. The zero-order chi connectivity index (χ0) is 17.9. The third-order valence-electron chi connectivity index (χ3n) is 3.26. The molecule has 0 aliphatic rings. The van der Waals surface area contributed by atoms with Crippen LogP contribution in [0.5, 0.6) is 0 Å². The van der Waals surface area contributed by atoms with Gasteiger partial charge < -0.3 is 10.4 Å². The molecule has 2 aromatic rings. The van der Waals surface area contributed by atoms with Crippen molar-refractivity contribution in [3.05, 3.63) is 69.2 Å². The van der Waals surface area contributed by atoms with Crippen LogP contribution in [-0.4, -0.2) is 17.6 Å². The van der Waals surface area contributed by atoms with E-state index in [-0.39, 0.29) is 22.7 Å². The SMILES string of the molecule is O=C(NC[C@@H](O)c1ccc(C(F)(F)F)cc1)c1ccc(Cl)c(Cl)c1. The predicted octanol–water partition coefficient (Wildman–Crippen LogP) is 4.48. The van der Waals surface area contributed by atoms with Crippen LogP contribution in [0.2, 0.25) is 10.0 Å². The molecular formula is C16H12Cl2F3NO2. The average molecular weight is 378 g/mol. The van der Waals surface area contributed by atoms with Crippen molar-refractivity contribution >= 4 is 29.1 Å². The molecule has 1 amide bonds. The second-order valence-electron chi connectivity index (χ2n) is 4.97. The van der Waals surface area contributed by atoms with Crippen LogP contribution >= 0.6 is 23.2 Å². The molecule has 0 aromatic heterocycles. The quantitative estimate of drug-likeness (QED) is 0.825. The summed E-state index contributed by atoms with van der Waals surface area (Å²) in [5.41, 5.74) is -0.292. The van der Waals surface area contributed by atoms with Gasteiger partial charge in [0.1, 0.15) is 0 Å². The van der Waals surface area contributed by atoms with E-state index in [1.807, 2.05) is 0 Å². The van der Waals surface area contributed by atoms with E-state index in [9.17, 15) is 23.1 Å². The number of halogens is 5. The Balaban J connectivity index is 1.98. The first-order valence-electron chi connectivity index (χ1n) is 6.77. The lowest BCUT2D eigenvalue weighted by atomic mass is 10.1. The molecule has 2 aromatic carbocycles. The lowest BCUT2D eigenvalue weighted by Gasteiger charge is -2.14. The number of carbonyl (C=O) groups is 1. The molecule has 128 valence electrons. The van der Waals surface area contributed by atoms with Gasteiger partial charge in [0.2, 0.25) is 0 Å². The number of nitrogens with one attached hydrogen (secondary N) is 1. The number of hydrogen-bond donors (Lipinski definition) is 2. The van der Waals surface area contributed by atoms with Crippen LogP contribution < -0.4 is 5.32 Å². The summed E-state index contributed by atoms with van der Waals surface area (Å²) in [7, 11) is 0. The second-order valence-corrected chi connectivity index (χ2v) is 5.79. The first kappa shape index (κ1) is 18.6. The fraction of sp³-hybridized carbons (Fsp3) is 0.188. The molecule has 0 saturated carbocycles. The zero-order valence-corrected chi connectivity index (χ0v) is 13.6. The summed E-state index contributed by atoms with van der Waals surface area (Å²) in [6, 6.07) is 8.39. The first-order chi connectivity index (χ1) is 11.2. The van der Waals surface area contributed by atoms with Crippen molar-refractivity contribution in [1.29, 1.82) is 0 Å². The Morgan fingerprint density at radius 2 is 1.71 bits per heavy atom. The van der Waals surface area contributed by atoms with Crippen LogP contribution in [-0.2, 0) is 6.18 Å². The summed E-state index contributed by atoms with van der Waals surface area (Å²) >= 11 is 11.6. The van der Waals surface area contributed by atoms with Gasteiger partial charge in [-0.3, -0.25) is 4.79 Å². The highest BCUT2D eigenvalue weighted by Crippen LogP contribution is 2.30. The maximum Gasteiger partial charge on any atom is 0.416 e. The van der Waals surface area contributed by atoms with E-state index < -0.39 is 23.8 Å². The summed E-state index contributed by atoms with van der Waals surface area (Å²) in [6.45, 7) is -0.162. The van der Waals surface area contributed by atoms with Crippen molar-refractivity contribution in [1.82, 2.24) is 5.32 Å². The monoisotopic (exact) mass is 377 g/mol. The molecule has 2 rings (SSSR count). The highest BCUT2D eigenvalue weighted by Gasteiger charge is 2.30. The van der Waals surface area contributed by atoms with Gasteiger partial charge in [-0.15, -0.1) is 0 Å². The molecule has 0 fully saturated rings. The number of alkyl halides is 3. The molecular weight excluding hydrogens is 366 g/mol. The van der Waals surface area contributed by atoms with Gasteiger partial charge in [-0.05, 0) is 35.9 Å². The molecule has 8 heteroatoms. The van der Waals surface area contributed by atoms with Crippen molar-refractivity contribution < 1.29 is 23.1 Å². The van der Waals surface area contributed by atoms with Gasteiger partial charge in [-0.2, -0.15) is 13.2 Å². The van der Waals surface area contributed by atoms with Crippen molar-refractivity contribution in [2.45, 2.75) is 12.3 Å². The summed E-state index contributed by atoms with van der Waals surface area (Å²) in [5.74, 6) is -0.487. The fourth-order valence-corrected chi connectivity index (χ4v) is 2.24. The lowest BCUT2D eigenvalue weighted by molar-refractivity contribution is -0.137. The molecule has 0 radical (unpaired) electrons. The van der Waals surface area contributed by atoms with Gasteiger partial charge in [0.25, 0.3) is 5.91 Å². The fourth-order valence-electron chi connectivity index (χ4n) is 1.94. The smallest absolute Gasteiger partial charge is 0.387 e. The molecule has 24 heavy (non-hydrogen) atoms. The van der Waals surface area contributed by atoms with E-state index in [1.54, 1.807) is 0 Å². The van der Waals surface area contributed by atoms with Crippen LogP contribution in [0, 0.1) is 0 Å². The molecule has 0 unspecified atom stereocenters. The maximum atomic E-state index is 12.5. The highest BCUT2D eigenvalue weighted by molar-refractivity contribution is 6.42. The number of aliphatic hydroxyl groups excluding tert-OH is 1. The summed E-state index contributed by atoms with van der Waals surface area (Å²) in [6.07, 6.45) is -5.58. The number of benzene rings is 2. The minimum Gasteiger partial charge on any atom is -0.387 e. The van der Waals surface area contributed by atoms with E-state index in [2.05, 4.69) is 5.32 Å². The van der Waals surface area contributed by atoms with Crippen molar-refractivity contribution in [3.63, 3.8) is 0 Å². The lowest BCUT2D eigenvalue weighted by Crippen LogP contribution is -2.28. The van der Waals surface area contributed by atoms with E-state index in [1.165, 1.54) is 30.3 Å². The van der Waals surface area contributed by atoms with Gasteiger partial charge in [-0.1, -0.05) is 35.3 Å². The Morgan fingerprint density at radius 3 is 2.25 bits per heavy atom. The van der Waals surface area contributed by atoms with Gasteiger partial charge in [-0.25, -0.2) is 0 Å². The molecule has 0 saturated heterocycles. The largest absolute Gasteiger partial charge is 0.416 e. The van der Waals surface area contributed by atoms with Crippen molar-refractivity contribution in [2.75, 3.05) is 6.54 Å². The molecule has 2 N–H and O–H groups in total. The molecule has 0 spiro atoms. The molecule has 0 aliphatic carbocycles. The van der Waals surface area contributed by atoms with Crippen molar-refractivity contribution in [2.24, 2.45) is 0 Å². The Labute approximate surface area is 146 Å². The maximum absolute atomic E-state index is 12.5. The normalized spacial score (nSPS) is 12.8. The van der Waals surface area contributed by atoms with E-state index in [0.29, 0.717) is 5.02 Å². The topological polar surface area (TPSA) is 49.3 Å². The van der Waals surface area contributed by atoms with Crippen molar-refractivity contribution in [3.8, 4) is 0 Å². The van der Waals surface area contributed by atoms with Crippen LogP contribution in [0.15, 0.2) is 42.5 Å². The number of amides is 1. The molecule has 0 heterocycles. The van der Waals surface area contributed by atoms with Crippen LogP contribution in [0.25, 0.3) is 0 Å². The summed E-state index contributed by atoms with van der Waals surface area (Å²) in [5, 5.41) is 13.0. The molecule has 1 atom stereocenters. The van der Waals surface area contributed by atoms with Gasteiger partial charge in [0, 0.05) is 12.1 Å². The van der Waals surface area contributed by atoms with E-state index in [4.69, 9.17) is 23.2 Å². The Morgan fingerprint density at radius 1 is 1.08 bits per heavy atom. The summed E-state index contributed by atoms with van der Waals surface area (Å²) in [4.78, 5) is 12.0. The Hall–Kier alpha value is -1.76. The number of hydrogen-bond acceptors (Lipinski definition) is 2. The van der Waals surface area contributed by atoms with Gasteiger partial charge in [0.15, 0.2) is 0 Å². The van der Waals surface area contributed by atoms with E-state index >= 15 is 0 Å². The zero-order valence-electron chi connectivity index (χ0n) is 12.1. The molecule has 0 aliphatic heterocycles.